The Morgan fingerprint density at radius 2 is 1.46 bits per heavy atom. The van der Waals surface area contributed by atoms with E-state index in [1.54, 1.807) is 24.3 Å². The van der Waals surface area contributed by atoms with Crippen LogP contribution in [0.3, 0.4) is 0 Å². The summed E-state index contributed by atoms with van der Waals surface area (Å²) in [5.74, 6) is -1.84. The van der Waals surface area contributed by atoms with E-state index in [9.17, 15) is 18.7 Å². The summed E-state index contributed by atoms with van der Waals surface area (Å²) < 4.78 is 27.7. The largest absolute Gasteiger partial charge is 0.508 e. The minimum absolute atomic E-state index is 0.0984. The number of ketones is 1. The average molecular weight is 491 g/mol. The first-order valence-electron chi connectivity index (χ1n) is 10.6. The molecule has 0 spiro atoms. The van der Waals surface area contributed by atoms with E-state index in [0.717, 1.165) is 29.6 Å². The van der Waals surface area contributed by atoms with Gasteiger partial charge >= 0.3 is 0 Å². The van der Waals surface area contributed by atoms with E-state index < -0.39 is 11.6 Å². The summed E-state index contributed by atoms with van der Waals surface area (Å²) in [5.41, 5.74) is 2.93. The molecule has 4 aromatic rings. The normalized spacial score (nSPS) is 10.6. The zero-order valence-corrected chi connectivity index (χ0v) is 19.5. The molecule has 4 nitrogen and oxygen atoms in total. The molecule has 0 heterocycles. The molecular formula is C28H21ClF2N2O2. The Bertz CT molecular complexity index is 1400. The summed E-state index contributed by atoms with van der Waals surface area (Å²) in [6.07, 6.45) is 0. The van der Waals surface area contributed by atoms with Gasteiger partial charge in [-0.1, -0.05) is 18.2 Å². The van der Waals surface area contributed by atoms with Crippen molar-refractivity contribution in [3.63, 3.8) is 0 Å². The van der Waals surface area contributed by atoms with Crippen molar-refractivity contribution in [2.24, 2.45) is 0 Å². The van der Waals surface area contributed by atoms with Gasteiger partial charge in [-0.3, -0.25) is 4.79 Å². The molecule has 0 unspecified atom stereocenters. The predicted molar refractivity (Wildman–Crippen MR) is 137 cm³/mol. The van der Waals surface area contributed by atoms with Crippen molar-refractivity contribution in [2.75, 3.05) is 17.3 Å². The number of anilines is 4. The molecule has 0 aliphatic heterocycles. The third-order valence-electron chi connectivity index (χ3n) is 5.47. The Hall–Kier alpha value is -4.16. The lowest BCUT2D eigenvalue weighted by Gasteiger charge is -2.20. The summed E-state index contributed by atoms with van der Waals surface area (Å²) in [4.78, 5) is 15.2. The number of carbonyl (C=O) groups excluding carboxylic acids is 1. The van der Waals surface area contributed by atoms with Gasteiger partial charge in [0.05, 0.1) is 5.69 Å². The third kappa shape index (κ3) is 5.50. The van der Waals surface area contributed by atoms with Crippen molar-refractivity contribution in [2.45, 2.75) is 0 Å². The number of benzene rings is 4. The molecule has 4 rings (SSSR count). The summed E-state index contributed by atoms with van der Waals surface area (Å²) in [7, 11) is 1.90. The van der Waals surface area contributed by atoms with Crippen LogP contribution in [-0.2, 0) is 0 Å². The van der Waals surface area contributed by atoms with Crippen molar-refractivity contribution < 1.29 is 18.7 Å². The van der Waals surface area contributed by atoms with Crippen LogP contribution in [0.25, 0.3) is 5.76 Å². The highest BCUT2D eigenvalue weighted by Crippen LogP contribution is 2.28. The SMILES string of the molecule is C=C(O)c1cc(Nc2cc(F)ccc2F)cc(C(=O)c2ccc(N(C)c3ccc(Cl)cc3)cc2)c1. The fourth-order valence-corrected chi connectivity index (χ4v) is 3.69. The van der Waals surface area contributed by atoms with Crippen LogP contribution in [0.15, 0.2) is 91.5 Å². The molecule has 0 aliphatic carbocycles. The number of hydrogen-bond acceptors (Lipinski definition) is 4. The number of hydrogen-bond donors (Lipinski definition) is 2. The maximum absolute atomic E-state index is 14.1. The number of nitrogens with one attached hydrogen (secondary N) is 1. The molecule has 0 saturated carbocycles. The van der Waals surface area contributed by atoms with Crippen LogP contribution in [0.4, 0.5) is 31.5 Å². The minimum Gasteiger partial charge on any atom is -0.508 e. The summed E-state index contributed by atoms with van der Waals surface area (Å²) in [6, 6.07) is 21.9. The van der Waals surface area contributed by atoms with E-state index in [1.807, 2.05) is 36.2 Å². The Morgan fingerprint density at radius 3 is 2.09 bits per heavy atom. The van der Waals surface area contributed by atoms with E-state index in [1.165, 1.54) is 18.2 Å². The van der Waals surface area contributed by atoms with E-state index in [2.05, 4.69) is 11.9 Å². The monoisotopic (exact) mass is 490 g/mol. The molecule has 0 aromatic heterocycles. The quantitative estimate of drug-likeness (QED) is 0.204. The standard InChI is InChI=1S/C28H21ClF2N2O2/c1-17(34)19-13-20(15-23(14-19)32-27-16-22(30)7-12-26(27)31)28(35)18-3-8-24(9-4-18)33(2)25-10-5-21(29)6-11-25/h3-16,32,34H,1H2,2H3. The molecule has 0 saturated heterocycles. The van der Waals surface area contributed by atoms with Crippen molar-refractivity contribution in [3.05, 3.63) is 125 Å². The Balaban J connectivity index is 1.62. The van der Waals surface area contributed by atoms with Crippen molar-refractivity contribution in [3.8, 4) is 0 Å². The molecule has 0 radical (unpaired) electrons. The molecule has 0 amide bonds. The number of aliphatic hydroxyl groups is 1. The summed E-state index contributed by atoms with van der Waals surface area (Å²) >= 11 is 5.96. The maximum Gasteiger partial charge on any atom is 0.193 e. The van der Waals surface area contributed by atoms with Gasteiger partial charge in [-0.05, 0) is 78.9 Å². The van der Waals surface area contributed by atoms with Gasteiger partial charge in [0, 0.05) is 51.9 Å². The van der Waals surface area contributed by atoms with Gasteiger partial charge in [0.25, 0.3) is 0 Å². The van der Waals surface area contributed by atoms with Crippen LogP contribution in [0.1, 0.15) is 21.5 Å². The van der Waals surface area contributed by atoms with Crippen LogP contribution >= 0.6 is 11.6 Å². The van der Waals surface area contributed by atoms with Gasteiger partial charge in [0.2, 0.25) is 0 Å². The van der Waals surface area contributed by atoms with Crippen molar-refractivity contribution in [1.29, 1.82) is 0 Å². The molecule has 0 aliphatic rings. The second-order valence-electron chi connectivity index (χ2n) is 7.91. The fourth-order valence-electron chi connectivity index (χ4n) is 3.56. The number of rotatable bonds is 7. The Morgan fingerprint density at radius 1 is 0.857 bits per heavy atom. The van der Waals surface area contributed by atoms with Crippen LogP contribution in [0, 0.1) is 11.6 Å². The maximum atomic E-state index is 14.1. The van der Waals surface area contributed by atoms with Crippen molar-refractivity contribution in [1.82, 2.24) is 0 Å². The molecule has 176 valence electrons. The first-order chi connectivity index (χ1) is 16.7. The lowest BCUT2D eigenvalue weighted by atomic mass is 9.99. The Labute approximate surface area is 206 Å². The zero-order valence-electron chi connectivity index (χ0n) is 18.7. The van der Waals surface area contributed by atoms with Gasteiger partial charge in [-0.25, -0.2) is 8.78 Å². The van der Waals surface area contributed by atoms with Crippen molar-refractivity contribution >= 4 is 45.9 Å². The van der Waals surface area contributed by atoms with Crippen LogP contribution in [0.5, 0.6) is 0 Å². The Kier molecular flexibility index (Phi) is 6.85. The van der Waals surface area contributed by atoms with E-state index in [-0.39, 0.29) is 28.4 Å². The molecule has 35 heavy (non-hydrogen) atoms. The highest BCUT2D eigenvalue weighted by Gasteiger charge is 2.15. The lowest BCUT2D eigenvalue weighted by Crippen LogP contribution is -2.10. The second kappa shape index (κ2) is 9.99. The molecule has 2 N–H and O–H groups in total. The molecule has 4 aromatic carbocycles. The van der Waals surface area contributed by atoms with E-state index in [0.29, 0.717) is 16.3 Å². The first kappa shape index (κ1) is 24.0. The van der Waals surface area contributed by atoms with Crippen LogP contribution < -0.4 is 10.2 Å². The van der Waals surface area contributed by atoms with Gasteiger partial charge in [0.15, 0.2) is 5.78 Å². The zero-order chi connectivity index (χ0) is 25.1. The van der Waals surface area contributed by atoms with Gasteiger partial charge in [-0.2, -0.15) is 0 Å². The number of nitrogens with zero attached hydrogens (tertiary/aromatic N) is 1. The first-order valence-corrected chi connectivity index (χ1v) is 11.0. The number of carbonyl (C=O) groups is 1. The molecule has 0 atom stereocenters. The van der Waals surface area contributed by atoms with Gasteiger partial charge < -0.3 is 15.3 Å². The molecule has 0 bridgehead atoms. The lowest BCUT2D eigenvalue weighted by molar-refractivity contribution is 0.103. The van der Waals surface area contributed by atoms with Gasteiger partial charge in [-0.15, -0.1) is 0 Å². The van der Waals surface area contributed by atoms with E-state index in [4.69, 9.17) is 11.6 Å². The number of aliphatic hydroxyl groups excluding tert-OH is 1. The van der Waals surface area contributed by atoms with Crippen LogP contribution in [0.2, 0.25) is 5.02 Å². The highest BCUT2D eigenvalue weighted by atomic mass is 35.5. The summed E-state index contributed by atoms with van der Waals surface area (Å²) in [6.45, 7) is 3.51. The second-order valence-corrected chi connectivity index (χ2v) is 8.34. The predicted octanol–water partition coefficient (Wildman–Crippen LogP) is 7.89. The smallest absolute Gasteiger partial charge is 0.193 e. The topological polar surface area (TPSA) is 52.6 Å². The third-order valence-corrected chi connectivity index (χ3v) is 5.72. The number of halogens is 3. The van der Waals surface area contributed by atoms with E-state index >= 15 is 0 Å². The molecular weight excluding hydrogens is 470 g/mol. The minimum atomic E-state index is -0.659. The highest BCUT2D eigenvalue weighted by molar-refractivity contribution is 6.30. The van der Waals surface area contributed by atoms with Gasteiger partial charge in [0.1, 0.15) is 17.4 Å². The van der Waals surface area contributed by atoms with Crippen LogP contribution in [-0.4, -0.2) is 17.9 Å². The molecule has 7 heteroatoms. The average Bonchev–Trinajstić information content (AvgIpc) is 2.85. The molecule has 0 fully saturated rings. The fraction of sp³-hybridized carbons (Fsp3) is 0.0357. The summed E-state index contributed by atoms with van der Waals surface area (Å²) in [5, 5.41) is 13.3.